The van der Waals surface area contributed by atoms with Crippen LogP contribution in [-0.2, 0) is 10.0 Å². The number of hydrogen-bond acceptors (Lipinski definition) is 4. The van der Waals surface area contributed by atoms with Gasteiger partial charge in [0.25, 0.3) is 0 Å². The smallest absolute Gasteiger partial charge is 0.232 e. The lowest BCUT2D eigenvalue weighted by atomic mass is 9.90. The number of sulfonamides is 1. The summed E-state index contributed by atoms with van der Waals surface area (Å²) in [6, 6.07) is 2.52. The molecular formula is C14H16FN3O3S. The molecule has 1 unspecified atom stereocenters. The zero-order valence-electron chi connectivity index (χ0n) is 12.0. The summed E-state index contributed by atoms with van der Waals surface area (Å²) < 4.78 is 45.5. The van der Waals surface area contributed by atoms with Crippen molar-refractivity contribution in [3.8, 4) is 5.75 Å². The van der Waals surface area contributed by atoms with Crippen molar-refractivity contribution in [2.24, 2.45) is 0 Å². The first-order valence-electron chi connectivity index (χ1n) is 6.95. The van der Waals surface area contributed by atoms with Gasteiger partial charge in [-0.3, -0.25) is 4.72 Å². The summed E-state index contributed by atoms with van der Waals surface area (Å²) in [5, 5.41) is 0. The first-order valence-corrected chi connectivity index (χ1v) is 8.60. The first-order chi connectivity index (χ1) is 10.5. The monoisotopic (exact) mass is 325 g/mol. The van der Waals surface area contributed by atoms with Gasteiger partial charge < -0.3 is 9.72 Å². The molecule has 22 heavy (non-hydrogen) atoms. The normalized spacial score (nSPS) is 17.6. The summed E-state index contributed by atoms with van der Waals surface area (Å²) in [5.41, 5.74) is 1.60. The molecule has 3 rings (SSSR count). The van der Waals surface area contributed by atoms with Gasteiger partial charge in [0.05, 0.1) is 24.4 Å². The number of halogens is 1. The van der Waals surface area contributed by atoms with Gasteiger partial charge in [0.2, 0.25) is 10.0 Å². The molecular weight excluding hydrogens is 309 g/mol. The Morgan fingerprint density at radius 2 is 2.32 bits per heavy atom. The van der Waals surface area contributed by atoms with Gasteiger partial charge in [-0.05, 0) is 19.4 Å². The quantitative estimate of drug-likeness (QED) is 0.903. The van der Waals surface area contributed by atoms with E-state index in [4.69, 9.17) is 4.74 Å². The predicted molar refractivity (Wildman–Crippen MR) is 80.0 cm³/mol. The molecule has 1 aromatic heterocycles. The molecule has 118 valence electrons. The minimum Gasteiger partial charge on any atom is -0.491 e. The van der Waals surface area contributed by atoms with Crippen LogP contribution >= 0.6 is 0 Å². The number of H-pyrrole nitrogens is 1. The van der Waals surface area contributed by atoms with Crippen molar-refractivity contribution in [2.45, 2.75) is 19.3 Å². The van der Waals surface area contributed by atoms with Crippen molar-refractivity contribution in [1.82, 2.24) is 9.97 Å². The molecule has 2 aromatic rings. The Labute approximate surface area is 127 Å². The number of nitrogens with zero attached hydrogens (tertiary/aromatic N) is 1. The van der Waals surface area contributed by atoms with Crippen LogP contribution in [0.1, 0.15) is 30.5 Å². The van der Waals surface area contributed by atoms with E-state index in [-0.39, 0.29) is 17.4 Å². The van der Waals surface area contributed by atoms with Gasteiger partial charge in [0.1, 0.15) is 11.6 Å². The zero-order valence-corrected chi connectivity index (χ0v) is 12.8. The molecule has 0 spiro atoms. The molecule has 8 heteroatoms. The lowest BCUT2D eigenvalue weighted by Gasteiger charge is -2.27. The van der Waals surface area contributed by atoms with Crippen molar-refractivity contribution in [1.29, 1.82) is 0 Å². The van der Waals surface area contributed by atoms with Crippen molar-refractivity contribution in [3.05, 3.63) is 41.7 Å². The Hall–Kier alpha value is -2.09. The maximum Gasteiger partial charge on any atom is 0.232 e. The highest BCUT2D eigenvalue weighted by Gasteiger charge is 2.28. The molecule has 2 heterocycles. The minimum absolute atomic E-state index is 0.0950. The van der Waals surface area contributed by atoms with Crippen LogP contribution in [-0.4, -0.2) is 30.7 Å². The van der Waals surface area contributed by atoms with E-state index in [1.807, 2.05) is 0 Å². The highest BCUT2D eigenvalue weighted by molar-refractivity contribution is 7.92. The summed E-state index contributed by atoms with van der Waals surface area (Å²) >= 11 is 0. The number of aromatic amines is 1. The van der Waals surface area contributed by atoms with Gasteiger partial charge in [-0.15, -0.1) is 0 Å². The highest BCUT2D eigenvalue weighted by Crippen LogP contribution is 2.42. The molecule has 1 aromatic carbocycles. The van der Waals surface area contributed by atoms with E-state index in [0.29, 0.717) is 24.3 Å². The topological polar surface area (TPSA) is 84.1 Å². The molecule has 0 radical (unpaired) electrons. The zero-order chi connectivity index (χ0) is 15.7. The van der Waals surface area contributed by atoms with E-state index in [2.05, 4.69) is 14.7 Å². The maximum absolute atomic E-state index is 13.9. The standard InChI is InChI=1S/C14H16FN3O3S/c1-2-22(19,20)18-12-6-9(15)5-11-10(3-4-21-14(11)12)13-7-16-8-17-13/h5-8,10,18H,2-4H2,1H3,(H,16,17). The fourth-order valence-corrected chi connectivity index (χ4v) is 3.20. The molecule has 0 amide bonds. The average Bonchev–Trinajstić information content (AvgIpc) is 3.00. The fourth-order valence-electron chi connectivity index (χ4n) is 2.56. The summed E-state index contributed by atoms with van der Waals surface area (Å²) in [5.74, 6) is -0.332. The van der Waals surface area contributed by atoms with Gasteiger partial charge in [-0.25, -0.2) is 17.8 Å². The molecule has 1 aliphatic heterocycles. The number of aromatic nitrogens is 2. The van der Waals surface area contributed by atoms with Crippen LogP contribution in [0.3, 0.4) is 0 Å². The second kappa shape index (κ2) is 5.60. The molecule has 0 fully saturated rings. The summed E-state index contributed by atoms with van der Waals surface area (Å²) in [6.07, 6.45) is 3.91. The largest absolute Gasteiger partial charge is 0.491 e. The second-order valence-corrected chi connectivity index (χ2v) is 7.08. The summed E-state index contributed by atoms with van der Waals surface area (Å²) in [6.45, 7) is 1.94. The lowest BCUT2D eigenvalue weighted by molar-refractivity contribution is 0.276. The predicted octanol–water partition coefficient (Wildman–Crippen LogP) is 2.22. The van der Waals surface area contributed by atoms with E-state index in [0.717, 1.165) is 11.8 Å². The Kier molecular flexibility index (Phi) is 3.78. The Morgan fingerprint density at radius 1 is 1.50 bits per heavy atom. The average molecular weight is 325 g/mol. The van der Waals surface area contributed by atoms with E-state index < -0.39 is 15.8 Å². The number of nitrogens with one attached hydrogen (secondary N) is 2. The van der Waals surface area contributed by atoms with Crippen molar-refractivity contribution in [3.63, 3.8) is 0 Å². The van der Waals surface area contributed by atoms with Gasteiger partial charge in [-0.1, -0.05) is 0 Å². The third-order valence-electron chi connectivity index (χ3n) is 3.65. The maximum atomic E-state index is 13.9. The Bertz CT molecular complexity index is 775. The third kappa shape index (κ3) is 2.78. The van der Waals surface area contributed by atoms with Crippen molar-refractivity contribution >= 4 is 15.7 Å². The van der Waals surface area contributed by atoms with E-state index in [9.17, 15) is 12.8 Å². The summed E-state index contributed by atoms with van der Waals surface area (Å²) in [4.78, 5) is 7.00. The number of hydrogen-bond donors (Lipinski definition) is 2. The van der Waals surface area contributed by atoms with Crippen LogP contribution < -0.4 is 9.46 Å². The van der Waals surface area contributed by atoms with E-state index >= 15 is 0 Å². The third-order valence-corrected chi connectivity index (χ3v) is 4.94. The van der Waals surface area contributed by atoms with Crippen LogP contribution in [0.2, 0.25) is 0 Å². The minimum atomic E-state index is -3.51. The van der Waals surface area contributed by atoms with Gasteiger partial charge in [0, 0.05) is 29.4 Å². The Morgan fingerprint density at radius 3 is 3.00 bits per heavy atom. The van der Waals surface area contributed by atoms with Crippen molar-refractivity contribution in [2.75, 3.05) is 17.1 Å². The van der Waals surface area contributed by atoms with Gasteiger partial charge in [0.15, 0.2) is 0 Å². The first kappa shape index (κ1) is 14.8. The molecule has 2 N–H and O–H groups in total. The summed E-state index contributed by atoms with van der Waals surface area (Å²) in [7, 11) is -3.51. The number of ether oxygens (including phenoxy) is 1. The van der Waals surface area contributed by atoms with E-state index in [1.165, 1.54) is 13.0 Å². The van der Waals surface area contributed by atoms with Crippen LogP contribution in [0, 0.1) is 5.82 Å². The number of anilines is 1. The van der Waals surface area contributed by atoms with Crippen LogP contribution in [0.4, 0.5) is 10.1 Å². The lowest BCUT2D eigenvalue weighted by Crippen LogP contribution is -2.20. The van der Waals surface area contributed by atoms with Gasteiger partial charge in [-0.2, -0.15) is 0 Å². The molecule has 0 saturated carbocycles. The fraction of sp³-hybridized carbons (Fsp3) is 0.357. The van der Waals surface area contributed by atoms with Crippen LogP contribution in [0.15, 0.2) is 24.7 Å². The molecule has 0 aliphatic carbocycles. The number of imidazole rings is 1. The molecule has 6 nitrogen and oxygen atoms in total. The van der Waals surface area contributed by atoms with Crippen molar-refractivity contribution < 1.29 is 17.5 Å². The number of rotatable bonds is 4. The van der Waals surface area contributed by atoms with Gasteiger partial charge >= 0.3 is 0 Å². The molecule has 0 bridgehead atoms. The number of benzene rings is 1. The molecule has 1 aliphatic rings. The number of fused-ring (bicyclic) bond motifs is 1. The SMILES string of the molecule is CCS(=O)(=O)Nc1cc(F)cc2c1OCCC2c1cnc[nH]1. The Balaban J connectivity index is 2.08. The van der Waals surface area contributed by atoms with Crippen LogP contribution in [0.25, 0.3) is 0 Å². The molecule has 1 atom stereocenters. The molecule has 0 saturated heterocycles. The highest BCUT2D eigenvalue weighted by atomic mass is 32.2. The second-order valence-electron chi connectivity index (χ2n) is 5.07. The van der Waals surface area contributed by atoms with E-state index in [1.54, 1.807) is 12.5 Å². The van der Waals surface area contributed by atoms with Crippen LogP contribution in [0.5, 0.6) is 5.75 Å².